The second kappa shape index (κ2) is 4.09. The normalized spacial score (nSPS) is 10.1. The van der Waals surface area contributed by atoms with Crippen LogP contribution in [0.15, 0.2) is 30.7 Å². The molecule has 1 aromatic heterocycles. The lowest BCUT2D eigenvalue weighted by molar-refractivity contribution is 0.586. The molecule has 0 atom stereocenters. The molecule has 0 unspecified atom stereocenters. The van der Waals surface area contributed by atoms with Gasteiger partial charge in [-0.1, -0.05) is 0 Å². The standard InChI is InChI=1S/C10H8F2N4/c11-6-1-2-9(7(12)3-6)16-10-8(13)4-14-5-15-10/h1-5H,13H2,(H,14,15,16). The van der Waals surface area contributed by atoms with Crippen LogP contribution in [0, 0.1) is 11.6 Å². The van der Waals surface area contributed by atoms with Gasteiger partial charge < -0.3 is 11.1 Å². The van der Waals surface area contributed by atoms with Crippen molar-refractivity contribution < 1.29 is 8.78 Å². The maximum Gasteiger partial charge on any atom is 0.157 e. The fraction of sp³-hybridized carbons (Fsp3) is 0. The third kappa shape index (κ3) is 2.05. The lowest BCUT2D eigenvalue weighted by Crippen LogP contribution is -2.01. The van der Waals surface area contributed by atoms with Gasteiger partial charge in [0, 0.05) is 6.07 Å². The SMILES string of the molecule is Nc1cncnc1Nc1ccc(F)cc1F. The second-order valence-electron chi connectivity index (χ2n) is 3.08. The summed E-state index contributed by atoms with van der Waals surface area (Å²) < 4.78 is 25.9. The van der Waals surface area contributed by atoms with Crippen molar-refractivity contribution in [3.63, 3.8) is 0 Å². The van der Waals surface area contributed by atoms with E-state index in [-0.39, 0.29) is 17.2 Å². The molecule has 0 aliphatic heterocycles. The fourth-order valence-corrected chi connectivity index (χ4v) is 1.16. The van der Waals surface area contributed by atoms with E-state index >= 15 is 0 Å². The van der Waals surface area contributed by atoms with E-state index in [1.807, 2.05) is 0 Å². The molecule has 3 N–H and O–H groups in total. The monoisotopic (exact) mass is 222 g/mol. The molecule has 6 heteroatoms. The van der Waals surface area contributed by atoms with Crippen LogP contribution in [0.1, 0.15) is 0 Å². The van der Waals surface area contributed by atoms with Gasteiger partial charge in [-0.2, -0.15) is 0 Å². The van der Waals surface area contributed by atoms with Gasteiger partial charge in [0.05, 0.1) is 17.6 Å². The van der Waals surface area contributed by atoms with E-state index in [1.54, 1.807) is 0 Å². The number of benzene rings is 1. The predicted molar refractivity (Wildman–Crippen MR) is 56.1 cm³/mol. The zero-order valence-corrected chi connectivity index (χ0v) is 8.11. The van der Waals surface area contributed by atoms with Crippen LogP contribution < -0.4 is 11.1 Å². The summed E-state index contributed by atoms with van der Waals surface area (Å²) in [6, 6.07) is 3.19. The molecule has 1 heterocycles. The fourth-order valence-electron chi connectivity index (χ4n) is 1.16. The highest BCUT2D eigenvalue weighted by Gasteiger charge is 2.06. The number of nitrogens with two attached hydrogens (primary N) is 1. The Morgan fingerprint density at radius 1 is 1.25 bits per heavy atom. The molecule has 0 saturated carbocycles. The molecule has 0 bridgehead atoms. The lowest BCUT2D eigenvalue weighted by atomic mass is 10.3. The quantitative estimate of drug-likeness (QED) is 0.816. The van der Waals surface area contributed by atoms with E-state index in [4.69, 9.17) is 5.73 Å². The molecule has 2 aromatic rings. The van der Waals surface area contributed by atoms with Gasteiger partial charge in [0.25, 0.3) is 0 Å². The number of halogens is 2. The summed E-state index contributed by atoms with van der Waals surface area (Å²) in [5.74, 6) is -1.07. The van der Waals surface area contributed by atoms with Gasteiger partial charge in [-0.05, 0) is 12.1 Å². The molecule has 0 aliphatic carbocycles. The van der Waals surface area contributed by atoms with Crippen LogP contribution in [0.25, 0.3) is 0 Å². The van der Waals surface area contributed by atoms with Gasteiger partial charge in [-0.15, -0.1) is 0 Å². The number of hydrogen-bond acceptors (Lipinski definition) is 4. The molecular weight excluding hydrogens is 214 g/mol. The van der Waals surface area contributed by atoms with Crippen LogP contribution in [0.5, 0.6) is 0 Å². The molecule has 0 spiro atoms. The Kier molecular flexibility index (Phi) is 2.63. The predicted octanol–water partition coefficient (Wildman–Crippen LogP) is 2.08. The Morgan fingerprint density at radius 3 is 2.75 bits per heavy atom. The van der Waals surface area contributed by atoms with Gasteiger partial charge >= 0.3 is 0 Å². The zero-order valence-electron chi connectivity index (χ0n) is 8.11. The van der Waals surface area contributed by atoms with Crippen molar-refractivity contribution in [1.82, 2.24) is 9.97 Å². The Balaban J connectivity index is 2.31. The van der Waals surface area contributed by atoms with Gasteiger partial charge in [0.15, 0.2) is 5.82 Å². The molecule has 82 valence electrons. The third-order valence-corrected chi connectivity index (χ3v) is 1.92. The Hall–Kier alpha value is -2.24. The zero-order chi connectivity index (χ0) is 11.5. The van der Waals surface area contributed by atoms with E-state index in [0.717, 1.165) is 12.1 Å². The van der Waals surface area contributed by atoms with Crippen LogP contribution in [-0.2, 0) is 0 Å². The number of nitrogens with zero attached hydrogens (tertiary/aromatic N) is 2. The highest BCUT2D eigenvalue weighted by molar-refractivity contribution is 5.67. The first-order valence-electron chi connectivity index (χ1n) is 4.44. The van der Waals surface area contributed by atoms with Crippen LogP contribution >= 0.6 is 0 Å². The Bertz CT molecular complexity index is 516. The van der Waals surface area contributed by atoms with Crippen molar-refractivity contribution in [2.45, 2.75) is 0 Å². The van der Waals surface area contributed by atoms with Crippen LogP contribution in [0.3, 0.4) is 0 Å². The van der Waals surface area contributed by atoms with E-state index < -0.39 is 11.6 Å². The van der Waals surface area contributed by atoms with Gasteiger partial charge in [0.2, 0.25) is 0 Å². The van der Waals surface area contributed by atoms with Crippen molar-refractivity contribution >= 4 is 17.2 Å². The molecule has 0 amide bonds. The van der Waals surface area contributed by atoms with Crippen LogP contribution in [0.4, 0.5) is 26.0 Å². The molecule has 1 aromatic carbocycles. The summed E-state index contributed by atoms with van der Waals surface area (Å²) in [6.07, 6.45) is 2.66. The van der Waals surface area contributed by atoms with Crippen molar-refractivity contribution in [3.05, 3.63) is 42.4 Å². The molecule has 4 nitrogen and oxygen atoms in total. The topological polar surface area (TPSA) is 63.8 Å². The largest absolute Gasteiger partial charge is 0.394 e. The molecular formula is C10H8F2N4. The summed E-state index contributed by atoms with van der Waals surface area (Å²) in [6.45, 7) is 0. The number of nitrogens with one attached hydrogen (secondary N) is 1. The highest BCUT2D eigenvalue weighted by Crippen LogP contribution is 2.22. The molecule has 16 heavy (non-hydrogen) atoms. The van der Waals surface area contributed by atoms with Gasteiger partial charge in [-0.25, -0.2) is 18.7 Å². The molecule has 0 aliphatic rings. The third-order valence-electron chi connectivity index (χ3n) is 1.92. The van der Waals surface area contributed by atoms with Gasteiger partial charge in [-0.3, -0.25) is 0 Å². The summed E-state index contributed by atoms with van der Waals surface area (Å²) >= 11 is 0. The molecule has 2 rings (SSSR count). The number of nitrogen functional groups attached to an aromatic ring is 1. The maximum absolute atomic E-state index is 13.3. The first-order chi connectivity index (χ1) is 7.66. The lowest BCUT2D eigenvalue weighted by Gasteiger charge is -2.07. The Labute approximate surface area is 90.1 Å². The summed E-state index contributed by atoms with van der Waals surface area (Å²) in [5, 5.41) is 2.65. The van der Waals surface area contributed by atoms with E-state index in [0.29, 0.717) is 0 Å². The van der Waals surface area contributed by atoms with E-state index in [2.05, 4.69) is 15.3 Å². The minimum absolute atomic E-state index is 0.104. The second-order valence-corrected chi connectivity index (χ2v) is 3.08. The van der Waals surface area contributed by atoms with Crippen LogP contribution in [-0.4, -0.2) is 9.97 Å². The van der Waals surface area contributed by atoms with E-state index in [1.165, 1.54) is 18.6 Å². The average Bonchev–Trinajstić information content (AvgIpc) is 2.25. The van der Waals surface area contributed by atoms with Crippen molar-refractivity contribution in [1.29, 1.82) is 0 Å². The smallest absolute Gasteiger partial charge is 0.157 e. The Morgan fingerprint density at radius 2 is 2.06 bits per heavy atom. The number of hydrogen-bond donors (Lipinski definition) is 2. The minimum Gasteiger partial charge on any atom is -0.394 e. The summed E-state index contributed by atoms with van der Waals surface area (Å²) in [4.78, 5) is 7.52. The molecule has 0 fully saturated rings. The first-order valence-corrected chi connectivity index (χ1v) is 4.44. The van der Waals surface area contributed by atoms with Crippen molar-refractivity contribution in [2.75, 3.05) is 11.1 Å². The molecule has 0 radical (unpaired) electrons. The van der Waals surface area contributed by atoms with E-state index in [9.17, 15) is 8.78 Å². The number of aromatic nitrogens is 2. The average molecular weight is 222 g/mol. The maximum atomic E-state index is 13.3. The highest BCUT2D eigenvalue weighted by atomic mass is 19.1. The number of anilines is 3. The van der Waals surface area contributed by atoms with Crippen molar-refractivity contribution in [2.24, 2.45) is 0 Å². The van der Waals surface area contributed by atoms with Crippen molar-refractivity contribution in [3.8, 4) is 0 Å². The first kappa shape index (κ1) is 10.3. The summed E-state index contributed by atoms with van der Waals surface area (Å²) in [5.41, 5.74) is 5.95. The molecule has 0 saturated heterocycles. The summed E-state index contributed by atoms with van der Waals surface area (Å²) in [7, 11) is 0. The number of rotatable bonds is 2. The van der Waals surface area contributed by atoms with Crippen LogP contribution in [0.2, 0.25) is 0 Å². The van der Waals surface area contributed by atoms with Gasteiger partial charge in [0.1, 0.15) is 18.0 Å². The minimum atomic E-state index is -0.710.